The number of nitrogens with zero attached hydrogens (tertiary/aromatic N) is 1. The summed E-state index contributed by atoms with van der Waals surface area (Å²) < 4.78 is 5.64. The molecule has 1 amide bonds. The van der Waals surface area contributed by atoms with Crippen molar-refractivity contribution < 1.29 is 9.53 Å². The quantitative estimate of drug-likeness (QED) is 0.707. The largest absolute Gasteiger partial charge is 0.492 e. The lowest BCUT2D eigenvalue weighted by Crippen LogP contribution is -2.35. The first kappa shape index (κ1) is 15.4. The van der Waals surface area contributed by atoms with Gasteiger partial charge in [-0.25, -0.2) is 0 Å². The van der Waals surface area contributed by atoms with E-state index in [0.29, 0.717) is 30.4 Å². The van der Waals surface area contributed by atoms with Gasteiger partial charge in [-0.3, -0.25) is 9.69 Å². The topological polar surface area (TPSA) is 67.6 Å². The molecule has 0 bridgehead atoms. The third kappa shape index (κ3) is 5.23. The maximum Gasteiger partial charge on any atom is 0.233 e. The minimum Gasteiger partial charge on any atom is -0.492 e. The summed E-state index contributed by atoms with van der Waals surface area (Å²) in [7, 11) is 3.48. The highest BCUT2D eigenvalue weighted by Crippen LogP contribution is 2.17. The Labute approximate surface area is 118 Å². The molecular formula is C13H19N3O2S. The molecule has 1 aromatic carbocycles. The highest BCUT2D eigenvalue weighted by molar-refractivity contribution is 7.80. The molecule has 5 nitrogen and oxygen atoms in total. The highest BCUT2D eigenvalue weighted by Gasteiger charge is 2.07. The third-order valence-electron chi connectivity index (χ3n) is 2.58. The van der Waals surface area contributed by atoms with Gasteiger partial charge in [0.1, 0.15) is 17.3 Å². The number of amides is 1. The fraction of sp³-hybridized carbons (Fsp3) is 0.385. The number of hydrogen-bond acceptors (Lipinski definition) is 4. The molecule has 0 aromatic heterocycles. The summed E-state index contributed by atoms with van der Waals surface area (Å²) in [6, 6.07) is 7.38. The zero-order valence-electron chi connectivity index (χ0n) is 11.2. The van der Waals surface area contributed by atoms with E-state index in [9.17, 15) is 4.79 Å². The van der Waals surface area contributed by atoms with Crippen LogP contribution in [0.1, 0.15) is 5.56 Å². The summed E-state index contributed by atoms with van der Waals surface area (Å²) >= 11 is 4.96. The molecule has 6 heteroatoms. The van der Waals surface area contributed by atoms with Crippen LogP contribution in [-0.4, -0.2) is 49.6 Å². The lowest BCUT2D eigenvalue weighted by Gasteiger charge is -2.16. The smallest absolute Gasteiger partial charge is 0.233 e. The van der Waals surface area contributed by atoms with Gasteiger partial charge in [-0.2, -0.15) is 0 Å². The van der Waals surface area contributed by atoms with Gasteiger partial charge >= 0.3 is 0 Å². The van der Waals surface area contributed by atoms with Crippen molar-refractivity contribution in [2.45, 2.75) is 0 Å². The number of hydrogen-bond donors (Lipinski definition) is 2. The van der Waals surface area contributed by atoms with Gasteiger partial charge in [0.05, 0.1) is 12.1 Å². The molecule has 0 radical (unpaired) electrons. The van der Waals surface area contributed by atoms with E-state index in [-0.39, 0.29) is 5.91 Å². The Morgan fingerprint density at radius 2 is 2.16 bits per heavy atom. The lowest BCUT2D eigenvalue weighted by molar-refractivity contribution is -0.121. The summed E-state index contributed by atoms with van der Waals surface area (Å²) in [6.45, 7) is 1.45. The Bertz CT molecular complexity index is 451. The molecule has 1 aromatic rings. The molecule has 0 aliphatic carbocycles. The molecule has 3 N–H and O–H groups in total. The first-order valence-corrected chi connectivity index (χ1v) is 6.36. The number of thiocarbonyl (C=S) groups is 1. The Morgan fingerprint density at radius 3 is 2.79 bits per heavy atom. The Morgan fingerprint density at radius 1 is 1.47 bits per heavy atom. The number of nitrogens with two attached hydrogens (primary N) is 1. The van der Waals surface area contributed by atoms with Crippen LogP contribution in [0.2, 0.25) is 0 Å². The van der Waals surface area contributed by atoms with E-state index in [0.717, 1.165) is 5.56 Å². The summed E-state index contributed by atoms with van der Waals surface area (Å²) in [6.07, 6.45) is 0. The van der Waals surface area contributed by atoms with Crippen LogP contribution in [0, 0.1) is 0 Å². The van der Waals surface area contributed by atoms with Gasteiger partial charge in [0, 0.05) is 13.6 Å². The van der Waals surface area contributed by atoms with Crippen molar-refractivity contribution in [1.82, 2.24) is 10.2 Å². The van der Waals surface area contributed by atoms with Gasteiger partial charge in [-0.05, 0) is 19.2 Å². The number of para-hydroxylation sites is 1. The van der Waals surface area contributed by atoms with Crippen LogP contribution in [0.3, 0.4) is 0 Å². The minimum atomic E-state index is -0.0222. The molecule has 1 rings (SSSR count). The van der Waals surface area contributed by atoms with E-state index >= 15 is 0 Å². The molecular weight excluding hydrogens is 262 g/mol. The number of carbonyl (C=O) groups excluding carboxylic acids is 1. The van der Waals surface area contributed by atoms with Crippen LogP contribution in [0.5, 0.6) is 5.75 Å². The monoisotopic (exact) mass is 281 g/mol. The minimum absolute atomic E-state index is 0.0222. The summed E-state index contributed by atoms with van der Waals surface area (Å²) in [5.74, 6) is 0.648. The van der Waals surface area contributed by atoms with Crippen molar-refractivity contribution >= 4 is 23.1 Å². The number of benzene rings is 1. The molecule has 0 atom stereocenters. The molecule has 104 valence electrons. The number of nitrogens with one attached hydrogen (secondary N) is 1. The van der Waals surface area contributed by atoms with Gasteiger partial charge in [0.2, 0.25) is 5.91 Å². The summed E-state index contributed by atoms with van der Waals surface area (Å²) in [5, 5.41) is 2.57. The molecule has 0 saturated heterocycles. The predicted molar refractivity (Wildman–Crippen MR) is 79.4 cm³/mol. The van der Waals surface area contributed by atoms with E-state index < -0.39 is 0 Å². The second kappa shape index (κ2) is 7.70. The van der Waals surface area contributed by atoms with Crippen molar-refractivity contribution in [2.75, 3.05) is 33.8 Å². The first-order valence-electron chi connectivity index (χ1n) is 5.95. The maximum absolute atomic E-state index is 11.2. The fourth-order valence-electron chi connectivity index (χ4n) is 1.51. The lowest BCUT2D eigenvalue weighted by atomic mass is 10.2. The molecule has 0 fully saturated rings. The van der Waals surface area contributed by atoms with E-state index in [1.54, 1.807) is 7.05 Å². The number of ether oxygens (including phenoxy) is 1. The molecule has 0 heterocycles. The van der Waals surface area contributed by atoms with Crippen molar-refractivity contribution in [2.24, 2.45) is 5.73 Å². The van der Waals surface area contributed by atoms with Crippen LogP contribution in [-0.2, 0) is 4.79 Å². The summed E-state index contributed by atoms with van der Waals surface area (Å²) in [4.78, 5) is 13.4. The zero-order chi connectivity index (χ0) is 14.3. The van der Waals surface area contributed by atoms with Gasteiger partial charge in [0.25, 0.3) is 0 Å². The van der Waals surface area contributed by atoms with Gasteiger partial charge < -0.3 is 15.8 Å². The van der Waals surface area contributed by atoms with E-state index in [2.05, 4.69) is 5.32 Å². The Balaban J connectivity index is 2.45. The maximum atomic E-state index is 11.2. The average Bonchev–Trinajstić information content (AvgIpc) is 2.38. The van der Waals surface area contributed by atoms with Gasteiger partial charge in [0.15, 0.2) is 0 Å². The Hall–Kier alpha value is -1.66. The van der Waals surface area contributed by atoms with Crippen molar-refractivity contribution in [1.29, 1.82) is 0 Å². The molecule has 19 heavy (non-hydrogen) atoms. The van der Waals surface area contributed by atoms with Crippen molar-refractivity contribution in [3.8, 4) is 5.75 Å². The molecule has 0 unspecified atom stereocenters. The van der Waals surface area contributed by atoms with E-state index in [1.807, 2.05) is 36.2 Å². The van der Waals surface area contributed by atoms with Crippen molar-refractivity contribution in [3.63, 3.8) is 0 Å². The van der Waals surface area contributed by atoms with Gasteiger partial charge in [-0.15, -0.1) is 0 Å². The second-order valence-electron chi connectivity index (χ2n) is 4.12. The highest BCUT2D eigenvalue weighted by atomic mass is 32.1. The molecule has 0 aliphatic rings. The fourth-order valence-corrected chi connectivity index (χ4v) is 1.68. The van der Waals surface area contributed by atoms with E-state index in [1.165, 1.54) is 0 Å². The normalized spacial score (nSPS) is 10.3. The standard InChI is InChI=1S/C13H19N3O2S/c1-15-12(17)9-16(2)7-8-18-11-6-4-3-5-10(11)13(14)19/h3-6H,7-9H2,1-2H3,(H2,14,19)(H,15,17). The number of likely N-dealkylation sites (N-methyl/N-ethyl adjacent to an activating group) is 2. The third-order valence-corrected chi connectivity index (χ3v) is 2.80. The average molecular weight is 281 g/mol. The van der Waals surface area contributed by atoms with E-state index in [4.69, 9.17) is 22.7 Å². The zero-order valence-corrected chi connectivity index (χ0v) is 12.0. The van der Waals surface area contributed by atoms with Crippen molar-refractivity contribution in [3.05, 3.63) is 29.8 Å². The van der Waals surface area contributed by atoms with Crippen LogP contribution in [0.4, 0.5) is 0 Å². The van der Waals surface area contributed by atoms with Crippen LogP contribution < -0.4 is 15.8 Å². The Kier molecular flexibility index (Phi) is 6.24. The predicted octanol–water partition coefficient (Wildman–Crippen LogP) is 0.377. The summed E-state index contributed by atoms with van der Waals surface area (Å²) in [5.41, 5.74) is 6.35. The first-order chi connectivity index (χ1) is 9.04. The van der Waals surface area contributed by atoms with Gasteiger partial charge in [-0.1, -0.05) is 24.4 Å². The number of rotatable bonds is 7. The molecule has 0 saturated carbocycles. The van der Waals surface area contributed by atoms with Crippen LogP contribution in [0.15, 0.2) is 24.3 Å². The SMILES string of the molecule is CNC(=O)CN(C)CCOc1ccccc1C(N)=S. The van der Waals surface area contributed by atoms with Crippen LogP contribution >= 0.6 is 12.2 Å². The molecule has 0 aliphatic heterocycles. The molecule has 0 spiro atoms. The number of carbonyl (C=O) groups is 1. The second-order valence-corrected chi connectivity index (χ2v) is 4.56. The van der Waals surface area contributed by atoms with Crippen LogP contribution in [0.25, 0.3) is 0 Å².